The Bertz CT molecular complexity index is 2090. The molecule has 64 heavy (non-hydrogen) atoms. The van der Waals surface area contributed by atoms with Crippen LogP contribution in [0.1, 0.15) is 83.7 Å². The Kier molecular flexibility index (Phi) is 16.8. The van der Waals surface area contributed by atoms with Gasteiger partial charge in [0.1, 0.15) is 24.7 Å². The number of quaternary nitrogens is 2. The van der Waals surface area contributed by atoms with E-state index in [2.05, 4.69) is 38.4 Å². The van der Waals surface area contributed by atoms with Gasteiger partial charge in [0.05, 0.1) is 81.9 Å². The highest BCUT2D eigenvalue weighted by Crippen LogP contribution is 2.42. The number of fused-ring (bicyclic) bond motifs is 2. The van der Waals surface area contributed by atoms with Crippen LogP contribution in [0.25, 0.3) is 0 Å². The van der Waals surface area contributed by atoms with Crippen LogP contribution in [0.4, 0.5) is 8.78 Å². The average molecular weight is 885 g/mol. The van der Waals surface area contributed by atoms with Gasteiger partial charge in [-0.3, -0.25) is 9.59 Å². The predicted molar refractivity (Wildman–Crippen MR) is 243 cm³/mol. The predicted octanol–water partition coefficient (Wildman–Crippen LogP) is 9.26. The van der Waals surface area contributed by atoms with Gasteiger partial charge in [-0.2, -0.15) is 0 Å². The third kappa shape index (κ3) is 13.1. The Morgan fingerprint density at radius 1 is 0.594 bits per heavy atom. The summed E-state index contributed by atoms with van der Waals surface area (Å²) in [6.45, 7) is 5.59. The van der Waals surface area contributed by atoms with Crippen molar-refractivity contribution in [3.63, 3.8) is 0 Å². The number of allylic oxidation sites excluding steroid dienone is 2. The van der Waals surface area contributed by atoms with E-state index >= 15 is 0 Å². The van der Waals surface area contributed by atoms with Crippen LogP contribution in [-0.4, -0.2) is 103 Å². The van der Waals surface area contributed by atoms with Gasteiger partial charge in [-0.15, -0.1) is 0 Å². The summed E-state index contributed by atoms with van der Waals surface area (Å²) in [6.07, 6.45) is 8.25. The fourth-order valence-electron chi connectivity index (χ4n) is 9.75. The van der Waals surface area contributed by atoms with Crippen LogP contribution in [0.3, 0.4) is 0 Å². The number of rotatable bonds is 22. The molecule has 2 heterocycles. The first-order valence-corrected chi connectivity index (χ1v) is 22.4. The van der Waals surface area contributed by atoms with Gasteiger partial charge in [-0.05, 0) is 96.5 Å². The molecule has 0 saturated heterocycles. The van der Waals surface area contributed by atoms with Crippen molar-refractivity contribution >= 4 is 11.9 Å². The number of halogens is 2. The van der Waals surface area contributed by atoms with E-state index in [-0.39, 0.29) is 48.3 Å². The van der Waals surface area contributed by atoms with Gasteiger partial charge < -0.3 is 37.4 Å². The van der Waals surface area contributed by atoms with Gasteiger partial charge in [0.15, 0.2) is 23.0 Å². The first-order valence-electron chi connectivity index (χ1n) is 22.4. The number of hydrogen-bond acceptors (Lipinski definition) is 8. The van der Waals surface area contributed by atoms with Crippen LogP contribution in [0, 0.1) is 11.6 Å². The molecule has 0 spiro atoms. The molecule has 4 aromatic carbocycles. The quantitative estimate of drug-likeness (QED) is 0.0334. The SMILES string of the molecule is COc1cc2c(cc1OC)C(Cc1cccc(F)c1)C[N+](C)(CCCOC(=O)CC/C=C/CCC(=O)OCCC[N+]1(C)Cc3cc(OC)c(OC)cc3C(Cc3cccc(F)c3)C1)C2. The molecule has 12 heteroatoms. The average Bonchev–Trinajstić information content (AvgIpc) is 3.27. The lowest BCUT2D eigenvalue weighted by molar-refractivity contribution is -0.926. The second-order valence-corrected chi connectivity index (χ2v) is 17.9. The highest BCUT2D eigenvalue weighted by Gasteiger charge is 2.38. The molecule has 0 fully saturated rings. The van der Waals surface area contributed by atoms with E-state index in [1.807, 2.05) is 24.3 Å². The number of nitrogens with zero attached hydrogens (tertiary/aromatic N) is 2. The second kappa shape index (κ2) is 22.4. The Labute approximate surface area is 377 Å². The van der Waals surface area contributed by atoms with E-state index in [9.17, 15) is 18.4 Å². The van der Waals surface area contributed by atoms with E-state index in [0.29, 0.717) is 74.7 Å². The Balaban J connectivity index is 0.889. The minimum Gasteiger partial charge on any atom is -0.493 e. The molecule has 0 aliphatic carbocycles. The largest absolute Gasteiger partial charge is 0.493 e. The molecule has 0 saturated carbocycles. The highest BCUT2D eigenvalue weighted by atomic mass is 19.1. The Morgan fingerprint density at radius 3 is 1.36 bits per heavy atom. The number of hydrogen-bond donors (Lipinski definition) is 0. The summed E-state index contributed by atoms with van der Waals surface area (Å²) in [6, 6.07) is 21.8. The third-order valence-corrected chi connectivity index (χ3v) is 12.7. The molecular weight excluding hydrogens is 819 g/mol. The highest BCUT2D eigenvalue weighted by molar-refractivity contribution is 5.70. The molecule has 10 nitrogen and oxygen atoms in total. The van der Waals surface area contributed by atoms with E-state index < -0.39 is 0 Å². The summed E-state index contributed by atoms with van der Waals surface area (Å²) in [7, 11) is 11.0. The van der Waals surface area contributed by atoms with Gasteiger partial charge in [0, 0.05) is 48.6 Å². The lowest BCUT2D eigenvalue weighted by atomic mass is 9.83. The fraction of sp³-hybridized carbons (Fsp3) is 0.462. The van der Waals surface area contributed by atoms with Crippen molar-refractivity contribution in [2.24, 2.45) is 0 Å². The van der Waals surface area contributed by atoms with Crippen LogP contribution in [0.2, 0.25) is 0 Å². The summed E-state index contributed by atoms with van der Waals surface area (Å²) in [4.78, 5) is 25.2. The van der Waals surface area contributed by atoms with Crippen molar-refractivity contribution in [3.05, 3.63) is 130 Å². The number of ether oxygens (including phenoxy) is 6. The van der Waals surface area contributed by atoms with Crippen LogP contribution in [0.15, 0.2) is 84.9 Å². The molecule has 6 rings (SSSR count). The summed E-state index contributed by atoms with van der Waals surface area (Å²) >= 11 is 0. The maximum Gasteiger partial charge on any atom is 0.306 e. The van der Waals surface area contributed by atoms with E-state index in [1.54, 1.807) is 52.7 Å². The summed E-state index contributed by atoms with van der Waals surface area (Å²) in [5, 5.41) is 0. The van der Waals surface area contributed by atoms with Crippen molar-refractivity contribution in [3.8, 4) is 23.0 Å². The molecule has 0 radical (unpaired) electrons. The van der Waals surface area contributed by atoms with Gasteiger partial charge in [-0.25, -0.2) is 8.78 Å². The maximum atomic E-state index is 14.1. The van der Waals surface area contributed by atoms with Crippen molar-refractivity contribution in [2.75, 3.05) is 81.9 Å². The summed E-state index contributed by atoms with van der Waals surface area (Å²) in [5.41, 5.74) is 6.64. The normalized spacial score (nSPS) is 20.2. The minimum absolute atomic E-state index is 0.145. The molecule has 0 N–H and O–H groups in total. The number of carbonyl (C=O) groups excluding carboxylic acids is 2. The zero-order chi connectivity index (χ0) is 45.7. The minimum atomic E-state index is -0.246. The van der Waals surface area contributed by atoms with Crippen LogP contribution >= 0.6 is 0 Å². The van der Waals surface area contributed by atoms with Crippen LogP contribution in [0.5, 0.6) is 23.0 Å². The van der Waals surface area contributed by atoms with Crippen molar-refractivity contribution < 1.29 is 55.8 Å². The van der Waals surface area contributed by atoms with Gasteiger partial charge in [0.25, 0.3) is 0 Å². The van der Waals surface area contributed by atoms with Crippen molar-refractivity contribution in [1.82, 2.24) is 0 Å². The molecular formula is C52H66F2N2O8+2. The lowest BCUT2D eigenvalue weighted by Crippen LogP contribution is -2.50. The fourth-order valence-corrected chi connectivity index (χ4v) is 9.75. The van der Waals surface area contributed by atoms with E-state index in [1.165, 1.54) is 34.4 Å². The summed E-state index contributed by atoms with van der Waals surface area (Å²) in [5.74, 6) is 2.05. The molecule has 4 aromatic rings. The number of carbonyl (C=O) groups is 2. The van der Waals surface area contributed by atoms with Gasteiger partial charge in [0.2, 0.25) is 0 Å². The van der Waals surface area contributed by atoms with Crippen molar-refractivity contribution in [1.29, 1.82) is 0 Å². The van der Waals surface area contributed by atoms with Crippen LogP contribution in [-0.2, 0) is 45.0 Å². The Hall–Kier alpha value is -5.46. The molecule has 4 unspecified atom stereocenters. The maximum absolute atomic E-state index is 14.1. The van der Waals surface area contributed by atoms with Gasteiger partial charge in [-0.1, -0.05) is 36.4 Å². The number of methoxy groups -OCH3 is 4. The number of esters is 2. The monoisotopic (exact) mass is 884 g/mol. The summed E-state index contributed by atoms with van der Waals surface area (Å²) < 4.78 is 63.5. The standard InChI is InChI=1S/C52H66F2N2O8/c1-55(33-39(25-37-15-11-17-43(53)27-37)45-31-49(61-5)47(59-3)29-41(45)35-55)21-13-23-63-51(57)19-9-7-8-10-20-52(58)64-24-14-22-56(2)34-40(26-38-16-12-18-44(54)28-38)46-32-50(62-6)48(60-4)30-42(46)36-56/h7-8,11-12,15-18,27-32,39-40H,9-10,13-14,19-26,33-36H2,1-6H3/q+2/b8-7+. The van der Waals surface area contributed by atoms with Gasteiger partial charge >= 0.3 is 11.9 Å². The molecule has 0 amide bonds. The Morgan fingerprint density at radius 2 is 0.984 bits per heavy atom. The van der Waals surface area contributed by atoms with Crippen molar-refractivity contribution in [2.45, 2.75) is 76.3 Å². The smallest absolute Gasteiger partial charge is 0.306 e. The number of benzene rings is 4. The molecule has 0 aromatic heterocycles. The molecule has 344 valence electrons. The molecule has 0 bridgehead atoms. The number of likely N-dealkylation sites (N-methyl/N-ethyl adjacent to an activating group) is 2. The van der Waals surface area contributed by atoms with E-state index in [4.69, 9.17) is 28.4 Å². The first kappa shape index (κ1) is 48.0. The zero-order valence-electron chi connectivity index (χ0n) is 38.5. The van der Waals surface area contributed by atoms with Crippen LogP contribution < -0.4 is 18.9 Å². The molecule has 2 aliphatic heterocycles. The molecule has 4 atom stereocenters. The van der Waals surface area contributed by atoms with E-state index in [0.717, 1.165) is 59.4 Å². The first-order chi connectivity index (χ1) is 30.8. The lowest BCUT2D eigenvalue weighted by Gasteiger charge is -2.43. The topological polar surface area (TPSA) is 89.5 Å². The zero-order valence-corrected chi connectivity index (χ0v) is 38.5. The third-order valence-electron chi connectivity index (χ3n) is 12.7. The second-order valence-electron chi connectivity index (χ2n) is 17.9. The molecule has 2 aliphatic rings.